The van der Waals surface area contributed by atoms with Crippen LogP contribution in [0.3, 0.4) is 0 Å². The molecule has 0 unspecified atom stereocenters. The van der Waals surface area contributed by atoms with Gasteiger partial charge in [0, 0.05) is 11.0 Å². The average molecular weight is 321 g/mol. The van der Waals surface area contributed by atoms with Crippen molar-refractivity contribution in [3.63, 3.8) is 0 Å². The molecule has 0 aromatic heterocycles. The lowest BCUT2D eigenvalue weighted by Crippen LogP contribution is -2.12. The molecule has 2 aromatic rings. The number of hydrogen-bond donors (Lipinski definition) is 2. The maximum atomic E-state index is 11.4. The second-order valence-corrected chi connectivity index (χ2v) is 4.87. The highest BCUT2D eigenvalue weighted by Gasteiger charge is 2.11. The first-order valence-corrected chi connectivity index (χ1v) is 6.45. The first-order valence-electron chi connectivity index (χ1n) is 5.66. The van der Waals surface area contributed by atoms with E-state index in [-0.39, 0.29) is 0 Å². The van der Waals surface area contributed by atoms with Gasteiger partial charge in [-0.2, -0.15) is 0 Å². The number of ether oxygens (including phenoxy) is 1. The molecule has 0 fully saturated rings. The molecular weight excluding hydrogens is 308 g/mol. The van der Waals surface area contributed by atoms with Crippen LogP contribution in [-0.2, 0) is 6.54 Å². The van der Waals surface area contributed by atoms with Gasteiger partial charge in [-0.25, -0.2) is 0 Å². The van der Waals surface area contributed by atoms with Gasteiger partial charge < -0.3 is 16.2 Å². The zero-order valence-electron chi connectivity index (χ0n) is 10.1. The molecule has 2 rings (SSSR count). The smallest absolute Gasteiger partial charge is 0.252 e. The van der Waals surface area contributed by atoms with Crippen LogP contribution in [-0.4, -0.2) is 5.91 Å². The molecule has 0 radical (unpaired) electrons. The third-order valence-electron chi connectivity index (χ3n) is 2.57. The van der Waals surface area contributed by atoms with E-state index >= 15 is 0 Å². The van der Waals surface area contributed by atoms with Crippen LogP contribution in [0.4, 0.5) is 0 Å². The van der Waals surface area contributed by atoms with Crippen molar-refractivity contribution in [3.05, 3.63) is 58.1 Å². The number of halogens is 1. The number of primary amides is 1. The average Bonchev–Trinajstić information content (AvgIpc) is 2.38. The lowest BCUT2D eigenvalue weighted by molar-refractivity contribution is 0.0998. The molecule has 0 bridgehead atoms. The summed E-state index contributed by atoms with van der Waals surface area (Å²) in [6.45, 7) is 0.429. The topological polar surface area (TPSA) is 78.3 Å². The second-order valence-electron chi connectivity index (χ2n) is 3.96. The molecular formula is C14H13BrN2O2. The highest BCUT2D eigenvalue weighted by Crippen LogP contribution is 2.28. The molecule has 0 atom stereocenters. The van der Waals surface area contributed by atoms with Gasteiger partial charge in [-0.1, -0.05) is 28.1 Å². The Morgan fingerprint density at radius 1 is 1.21 bits per heavy atom. The third-order valence-corrected chi connectivity index (χ3v) is 3.06. The van der Waals surface area contributed by atoms with E-state index in [1.807, 2.05) is 18.2 Å². The fraction of sp³-hybridized carbons (Fsp3) is 0.0714. The second kappa shape index (κ2) is 5.86. The minimum Gasteiger partial charge on any atom is -0.456 e. The molecule has 0 saturated heterocycles. The number of benzene rings is 2. The molecule has 0 heterocycles. The highest BCUT2D eigenvalue weighted by molar-refractivity contribution is 9.10. The molecule has 5 heteroatoms. The van der Waals surface area contributed by atoms with E-state index in [1.165, 1.54) is 0 Å². The summed E-state index contributed by atoms with van der Waals surface area (Å²) in [5.74, 6) is 0.497. The van der Waals surface area contributed by atoms with Gasteiger partial charge in [0.05, 0.1) is 5.56 Å². The van der Waals surface area contributed by atoms with E-state index in [4.69, 9.17) is 16.2 Å². The minimum atomic E-state index is -0.530. The molecule has 4 N–H and O–H groups in total. The summed E-state index contributed by atoms with van der Waals surface area (Å²) >= 11 is 3.33. The number of hydrogen-bond acceptors (Lipinski definition) is 3. The lowest BCUT2D eigenvalue weighted by Gasteiger charge is -2.10. The predicted molar refractivity (Wildman–Crippen MR) is 77.1 cm³/mol. The van der Waals surface area contributed by atoms with Crippen molar-refractivity contribution in [2.24, 2.45) is 11.5 Å². The van der Waals surface area contributed by atoms with Crippen molar-refractivity contribution >= 4 is 21.8 Å². The quantitative estimate of drug-likeness (QED) is 0.909. The molecule has 2 aromatic carbocycles. The summed E-state index contributed by atoms with van der Waals surface area (Å²) in [6.07, 6.45) is 0. The number of nitrogens with two attached hydrogens (primary N) is 2. The summed E-state index contributed by atoms with van der Waals surface area (Å²) in [5, 5.41) is 0. The zero-order chi connectivity index (χ0) is 13.8. The number of rotatable bonds is 4. The molecule has 98 valence electrons. The van der Waals surface area contributed by atoms with Crippen LogP contribution in [0, 0.1) is 0 Å². The fourth-order valence-corrected chi connectivity index (χ4v) is 1.99. The Kier molecular flexibility index (Phi) is 4.19. The first kappa shape index (κ1) is 13.6. The van der Waals surface area contributed by atoms with Crippen molar-refractivity contribution < 1.29 is 9.53 Å². The Morgan fingerprint density at radius 2 is 2.00 bits per heavy atom. The standard InChI is InChI=1S/C14H13BrN2O2/c15-10-4-5-12(14(17)18)13(7-10)19-11-3-1-2-9(6-11)8-16/h1-7H,8,16H2,(H2,17,18). The Balaban J connectivity index is 2.36. The van der Waals surface area contributed by atoms with Gasteiger partial charge in [-0.3, -0.25) is 4.79 Å². The van der Waals surface area contributed by atoms with Gasteiger partial charge >= 0.3 is 0 Å². The van der Waals surface area contributed by atoms with Gasteiger partial charge in [-0.05, 0) is 35.9 Å². The molecule has 19 heavy (non-hydrogen) atoms. The monoisotopic (exact) mass is 320 g/mol. The Labute approximate surface area is 119 Å². The van der Waals surface area contributed by atoms with Crippen molar-refractivity contribution in [2.45, 2.75) is 6.54 Å². The van der Waals surface area contributed by atoms with Gasteiger partial charge in [0.1, 0.15) is 11.5 Å². The molecule has 4 nitrogen and oxygen atoms in total. The van der Waals surface area contributed by atoms with Crippen LogP contribution in [0.5, 0.6) is 11.5 Å². The molecule has 0 aliphatic rings. The van der Waals surface area contributed by atoms with Crippen LogP contribution in [0.1, 0.15) is 15.9 Å². The van der Waals surface area contributed by atoms with E-state index < -0.39 is 5.91 Å². The van der Waals surface area contributed by atoms with Gasteiger partial charge in [0.15, 0.2) is 0 Å². The van der Waals surface area contributed by atoms with E-state index in [9.17, 15) is 4.79 Å². The fourth-order valence-electron chi connectivity index (χ4n) is 1.65. The maximum absolute atomic E-state index is 11.4. The van der Waals surface area contributed by atoms with Crippen molar-refractivity contribution in [3.8, 4) is 11.5 Å². The van der Waals surface area contributed by atoms with E-state index in [0.29, 0.717) is 23.6 Å². The van der Waals surface area contributed by atoms with E-state index in [1.54, 1.807) is 24.3 Å². The van der Waals surface area contributed by atoms with Crippen LogP contribution < -0.4 is 16.2 Å². The minimum absolute atomic E-state index is 0.335. The summed E-state index contributed by atoms with van der Waals surface area (Å²) in [7, 11) is 0. The predicted octanol–water partition coefficient (Wildman–Crippen LogP) is 2.80. The zero-order valence-corrected chi connectivity index (χ0v) is 11.7. The van der Waals surface area contributed by atoms with Crippen molar-refractivity contribution in [1.29, 1.82) is 0 Å². The molecule has 0 aliphatic carbocycles. The molecule has 0 saturated carbocycles. The van der Waals surface area contributed by atoms with E-state index in [0.717, 1.165) is 10.0 Å². The summed E-state index contributed by atoms with van der Waals surface area (Å²) in [5.41, 5.74) is 12.2. The number of carbonyl (C=O) groups is 1. The summed E-state index contributed by atoms with van der Waals surface area (Å²) < 4.78 is 6.52. The first-order chi connectivity index (χ1) is 9.10. The largest absolute Gasteiger partial charge is 0.456 e. The molecule has 0 spiro atoms. The van der Waals surface area contributed by atoms with Gasteiger partial charge in [0.25, 0.3) is 5.91 Å². The number of carbonyl (C=O) groups excluding carboxylic acids is 1. The van der Waals surface area contributed by atoms with Gasteiger partial charge in [-0.15, -0.1) is 0 Å². The summed E-state index contributed by atoms with van der Waals surface area (Å²) in [6, 6.07) is 12.4. The Morgan fingerprint density at radius 3 is 2.68 bits per heavy atom. The van der Waals surface area contributed by atoms with Crippen molar-refractivity contribution in [1.82, 2.24) is 0 Å². The van der Waals surface area contributed by atoms with Crippen LogP contribution in [0.15, 0.2) is 46.9 Å². The normalized spacial score (nSPS) is 10.2. The van der Waals surface area contributed by atoms with Gasteiger partial charge in [0.2, 0.25) is 0 Å². The van der Waals surface area contributed by atoms with Crippen molar-refractivity contribution in [2.75, 3.05) is 0 Å². The number of amides is 1. The Hall–Kier alpha value is -1.85. The third kappa shape index (κ3) is 3.33. The Bertz CT molecular complexity index is 614. The lowest BCUT2D eigenvalue weighted by atomic mass is 10.2. The van der Waals surface area contributed by atoms with E-state index in [2.05, 4.69) is 15.9 Å². The molecule has 1 amide bonds. The van der Waals surface area contributed by atoms with Crippen LogP contribution in [0.2, 0.25) is 0 Å². The summed E-state index contributed by atoms with van der Waals surface area (Å²) in [4.78, 5) is 11.4. The van der Waals surface area contributed by atoms with Crippen LogP contribution in [0.25, 0.3) is 0 Å². The van der Waals surface area contributed by atoms with Crippen LogP contribution >= 0.6 is 15.9 Å². The SMILES string of the molecule is NCc1cccc(Oc2cc(Br)ccc2C(N)=O)c1. The maximum Gasteiger partial charge on any atom is 0.252 e. The highest BCUT2D eigenvalue weighted by atomic mass is 79.9. The molecule has 0 aliphatic heterocycles.